The highest BCUT2D eigenvalue weighted by Gasteiger charge is 2.27. The molecule has 0 radical (unpaired) electrons. The van der Waals surface area contributed by atoms with Gasteiger partial charge in [-0.3, -0.25) is 5.43 Å². The molecule has 0 saturated heterocycles. The number of nitrogens with one attached hydrogen (secondary N) is 1. The van der Waals surface area contributed by atoms with Gasteiger partial charge in [0.05, 0.1) is 11.7 Å². The number of carbonyl (C=O) groups is 1. The number of hydrazone groups is 1. The molecule has 21 heavy (non-hydrogen) atoms. The van der Waals surface area contributed by atoms with Crippen LogP contribution in [0.3, 0.4) is 0 Å². The second-order valence-electron chi connectivity index (χ2n) is 6.79. The number of rotatable bonds is 3. The molecule has 0 spiro atoms. The predicted octanol–water partition coefficient (Wildman–Crippen LogP) is 3.05. The maximum atomic E-state index is 10.7. The molecule has 1 fully saturated rings. The van der Waals surface area contributed by atoms with E-state index in [0.29, 0.717) is 5.41 Å². The molecule has 0 unspecified atom stereocenters. The Balaban J connectivity index is 1.89. The van der Waals surface area contributed by atoms with Gasteiger partial charge in [-0.15, -0.1) is 0 Å². The van der Waals surface area contributed by atoms with Crippen LogP contribution in [0.4, 0.5) is 5.69 Å². The Bertz CT molecular complexity index is 517. The molecule has 2 rings (SSSR count). The summed E-state index contributed by atoms with van der Waals surface area (Å²) in [6.45, 7) is 6.91. The highest BCUT2D eigenvalue weighted by atomic mass is 16.4. The highest BCUT2D eigenvalue weighted by molar-refractivity contribution is 5.87. The highest BCUT2D eigenvalue weighted by Crippen LogP contribution is 2.36. The lowest BCUT2D eigenvalue weighted by atomic mass is 9.72. The lowest BCUT2D eigenvalue weighted by Gasteiger charge is -2.34. The minimum absolute atomic E-state index is 0.180. The van der Waals surface area contributed by atoms with Gasteiger partial charge < -0.3 is 9.90 Å². The summed E-state index contributed by atoms with van der Waals surface area (Å²) in [5.41, 5.74) is 5.55. The van der Waals surface area contributed by atoms with E-state index in [1.54, 1.807) is 12.1 Å². The molecule has 1 saturated carbocycles. The van der Waals surface area contributed by atoms with Crippen molar-refractivity contribution in [3.05, 3.63) is 29.8 Å². The first-order valence-corrected chi connectivity index (χ1v) is 7.49. The Morgan fingerprint density at radius 2 is 1.76 bits per heavy atom. The zero-order valence-electron chi connectivity index (χ0n) is 13.0. The number of carbonyl (C=O) groups excluding carboxylic acids is 1. The largest absolute Gasteiger partial charge is 0.545 e. The minimum Gasteiger partial charge on any atom is -0.545 e. The number of aromatic carboxylic acids is 1. The molecule has 1 aromatic rings. The smallest absolute Gasteiger partial charge is 0.0715 e. The Morgan fingerprint density at radius 3 is 2.24 bits per heavy atom. The molecule has 4 heteroatoms. The van der Waals surface area contributed by atoms with Crippen LogP contribution < -0.4 is 10.5 Å². The van der Waals surface area contributed by atoms with Crippen LogP contribution in [0.1, 0.15) is 56.8 Å². The normalized spacial score (nSPS) is 19.2. The van der Waals surface area contributed by atoms with Gasteiger partial charge in [-0.25, -0.2) is 0 Å². The second-order valence-corrected chi connectivity index (χ2v) is 6.79. The van der Waals surface area contributed by atoms with Gasteiger partial charge >= 0.3 is 0 Å². The van der Waals surface area contributed by atoms with Crippen LogP contribution in [0, 0.1) is 11.3 Å². The molecule has 1 N–H and O–H groups in total. The summed E-state index contributed by atoms with van der Waals surface area (Å²) in [6.07, 6.45) is 4.44. The molecule has 0 atom stereocenters. The van der Waals surface area contributed by atoms with Crippen LogP contribution in [0.25, 0.3) is 0 Å². The SMILES string of the molecule is CC(C)(C)C1CCC(=NNc2ccc(C(=O)[O-])cc2)CC1. The van der Waals surface area contributed by atoms with Crippen LogP contribution in [-0.4, -0.2) is 11.7 Å². The first kappa shape index (κ1) is 15.5. The summed E-state index contributed by atoms with van der Waals surface area (Å²) in [7, 11) is 0. The average Bonchev–Trinajstić information content (AvgIpc) is 2.45. The van der Waals surface area contributed by atoms with Gasteiger partial charge in [0.25, 0.3) is 0 Å². The van der Waals surface area contributed by atoms with Gasteiger partial charge in [0.15, 0.2) is 0 Å². The van der Waals surface area contributed by atoms with E-state index in [1.807, 2.05) is 0 Å². The van der Waals surface area contributed by atoms with E-state index in [-0.39, 0.29) is 5.56 Å². The summed E-state index contributed by atoms with van der Waals surface area (Å²) < 4.78 is 0. The molecule has 114 valence electrons. The van der Waals surface area contributed by atoms with Crippen molar-refractivity contribution in [2.24, 2.45) is 16.4 Å². The lowest BCUT2D eigenvalue weighted by Crippen LogP contribution is -2.26. The topological polar surface area (TPSA) is 64.5 Å². The Kier molecular flexibility index (Phi) is 4.66. The van der Waals surface area contributed by atoms with Gasteiger partial charge in [0.1, 0.15) is 0 Å². The van der Waals surface area contributed by atoms with E-state index in [0.717, 1.165) is 24.4 Å². The van der Waals surface area contributed by atoms with E-state index >= 15 is 0 Å². The molecule has 4 nitrogen and oxygen atoms in total. The van der Waals surface area contributed by atoms with Gasteiger partial charge in [0, 0.05) is 5.71 Å². The molecule has 1 aliphatic carbocycles. The number of hydrogen-bond donors (Lipinski definition) is 1. The van der Waals surface area contributed by atoms with E-state index < -0.39 is 5.97 Å². The third kappa shape index (κ3) is 4.31. The van der Waals surface area contributed by atoms with Crippen LogP contribution in [0.5, 0.6) is 0 Å². The predicted molar refractivity (Wildman–Crippen MR) is 83.2 cm³/mol. The number of benzene rings is 1. The van der Waals surface area contributed by atoms with Gasteiger partial charge in [-0.2, -0.15) is 5.10 Å². The van der Waals surface area contributed by atoms with Crippen molar-refractivity contribution >= 4 is 17.4 Å². The van der Waals surface area contributed by atoms with Crippen LogP contribution in [0.2, 0.25) is 0 Å². The van der Waals surface area contributed by atoms with Crippen molar-refractivity contribution in [2.75, 3.05) is 5.43 Å². The van der Waals surface area contributed by atoms with Crippen molar-refractivity contribution in [1.29, 1.82) is 0 Å². The van der Waals surface area contributed by atoms with Crippen molar-refractivity contribution in [3.63, 3.8) is 0 Å². The molecule has 0 amide bonds. The third-order valence-corrected chi connectivity index (χ3v) is 4.25. The molecular formula is C17H23N2O2-. The fourth-order valence-corrected chi connectivity index (χ4v) is 2.75. The first-order valence-electron chi connectivity index (χ1n) is 7.49. The Morgan fingerprint density at radius 1 is 1.19 bits per heavy atom. The molecule has 0 bridgehead atoms. The molecular weight excluding hydrogens is 264 g/mol. The van der Waals surface area contributed by atoms with Crippen LogP contribution >= 0.6 is 0 Å². The third-order valence-electron chi connectivity index (χ3n) is 4.25. The van der Waals surface area contributed by atoms with Crippen molar-refractivity contribution in [3.8, 4) is 0 Å². The van der Waals surface area contributed by atoms with E-state index in [4.69, 9.17) is 0 Å². The van der Waals surface area contributed by atoms with E-state index in [1.165, 1.54) is 30.7 Å². The average molecular weight is 287 g/mol. The quantitative estimate of drug-likeness (QED) is 0.869. The summed E-state index contributed by atoms with van der Waals surface area (Å²) in [4.78, 5) is 10.7. The number of nitrogens with zero attached hydrogens (tertiary/aromatic N) is 1. The lowest BCUT2D eigenvalue weighted by molar-refractivity contribution is -0.255. The van der Waals surface area contributed by atoms with Crippen molar-refractivity contribution in [1.82, 2.24) is 0 Å². The van der Waals surface area contributed by atoms with Gasteiger partial charge in [-0.05, 0) is 54.7 Å². The fraction of sp³-hybridized carbons (Fsp3) is 0.529. The zero-order valence-corrected chi connectivity index (χ0v) is 13.0. The molecule has 0 aliphatic heterocycles. The zero-order chi connectivity index (χ0) is 15.5. The molecule has 1 aromatic carbocycles. The number of carboxylic acids is 1. The van der Waals surface area contributed by atoms with Crippen molar-refractivity contribution in [2.45, 2.75) is 46.5 Å². The summed E-state index contributed by atoms with van der Waals surface area (Å²) >= 11 is 0. The fourth-order valence-electron chi connectivity index (χ4n) is 2.75. The standard InChI is InChI=1S/C17H24N2O2/c1-17(2,3)13-6-10-15(11-7-13)19-18-14-8-4-12(5-9-14)16(20)21/h4-5,8-9,13,18H,6-7,10-11H2,1-3H3,(H,20,21)/p-1. The molecule has 0 heterocycles. The maximum absolute atomic E-state index is 10.7. The second kappa shape index (κ2) is 6.29. The Labute approximate surface area is 126 Å². The van der Waals surface area contributed by atoms with Crippen LogP contribution in [-0.2, 0) is 0 Å². The maximum Gasteiger partial charge on any atom is 0.0715 e. The Hall–Kier alpha value is -1.84. The first-order chi connectivity index (χ1) is 9.86. The van der Waals surface area contributed by atoms with Gasteiger partial charge in [0.2, 0.25) is 0 Å². The summed E-state index contributed by atoms with van der Waals surface area (Å²) in [6, 6.07) is 6.45. The van der Waals surface area contributed by atoms with Crippen LogP contribution in [0.15, 0.2) is 29.4 Å². The number of hydrogen-bond acceptors (Lipinski definition) is 4. The van der Waals surface area contributed by atoms with E-state index in [9.17, 15) is 9.90 Å². The minimum atomic E-state index is -1.16. The number of anilines is 1. The van der Waals surface area contributed by atoms with E-state index in [2.05, 4.69) is 31.3 Å². The van der Waals surface area contributed by atoms with Gasteiger partial charge in [-0.1, -0.05) is 32.9 Å². The summed E-state index contributed by atoms with van der Waals surface area (Å²) in [5.74, 6) is -0.396. The monoisotopic (exact) mass is 287 g/mol. The molecule has 0 aromatic heterocycles. The summed E-state index contributed by atoms with van der Waals surface area (Å²) in [5, 5.41) is 15.1. The molecule has 1 aliphatic rings. The van der Waals surface area contributed by atoms with Crippen molar-refractivity contribution < 1.29 is 9.90 Å². The number of carboxylic acid groups (broad SMARTS) is 1.